The number of halogens is 1. The maximum Gasteiger partial charge on any atom is 0.334 e. The number of alkyl halides is 1. The zero-order valence-electron chi connectivity index (χ0n) is 24.1. The Morgan fingerprint density at radius 2 is 1.95 bits per heavy atom. The molecule has 0 saturated carbocycles. The van der Waals surface area contributed by atoms with Gasteiger partial charge in [-0.3, -0.25) is 9.59 Å². The molecule has 2 fully saturated rings. The van der Waals surface area contributed by atoms with E-state index >= 15 is 0 Å². The second-order valence-electron chi connectivity index (χ2n) is 10.5. The van der Waals surface area contributed by atoms with Gasteiger partial charge in [-0.25, -0.2) is 9.80 Å². The van der Waals surface area contributed by atoms with E-state index < -0.39 is 12.2 Å². The normalized spacial score (nSPS) is 21.1. The summed E-state index contributed by atoms with van der Waals surface area (Å²) in [6.07, 6.45) is 8.56. The summed E-state index contributed by atoms with van der Waals surface area (Å²) in [4.78, 5) is 44.7. The first-order valence-corrected chi connectivity index (χ1v) is 16.9. The maximum atomic E-state index is 13.9. The van der Waals surface area contributed by atoms with Crippen molar-refractivity contribution in [3.63, 3.8) is 0 Å². The molecule has 0 spiro atoms. The van der Waals surface area contributed by atoms with E-state index in [1.165, 1.54) is 0 Å². The molecule has 0 bridgehead atoms. The summed E-state index contributed by atoms with van der Waals surface area (Å²) in [5.74, 6) is 2.27. The van der Waals surface area contributed by atoms with Crippen LogP contribution in [-0.2, 0) is 20.9 Å². The minimum absolute atomic E-state index is 0.0565. The van der Waals surface area contributed by atoms with Gasteiger partial charge in [0.25, 0.3) is 0 Å². The van der Waals surface area contributed by atoms with Crippen molar-refractivity contribution in [2.24, 2.45) is 5.92 Å². The van der Waals surface area contributed by atoms with Crippen molar-refractivity contribution in [2.45, 2.75) is 69.1 Å². The van der Waals surface area contributed by atoms with Crippen molar-refractivity contribution in [3.05, 3.63) is 35.9 Å². The molecule has 3 rings (SSSR count). The smallest absolute Gasteiger partial charge is 0.334 e. The maximum absolute atomic E-state index is 13.9. The van der Waals surface area contributed by atoms with E-state index in [1.54, 1.807) is 19.8 Å². The van der Waals surface area contributed by atoms with Crippen LogP contribution in [0.5, 0.6) is 0 Å². The second-order valence-corrected chi connectivity index (χ2v) is 13.5. The van der Waals surface area contributed by atoms with Crippen LogP contribution < -0.4 is 5.32 Å². The zero-order valence-corrected chi connectivity index (χ0v) is 26.2. The van der Waals surface area contributed by atoms with Crippen molar-refractivity contribution < 1.29 is 19.1 Å². The lowest BCUT2D eigenvalue weighted by molar-refractivity contribution is -0.192. The number of ether oxygens (including phenoxy) is 1. The summed E-state index contributed by atoms with van der Waals surface area (Å²) in [6, 6.07) is 8.66. The van der Waals surface area contributed by atoms with Crippen molar-refractivity contribution in [1.29, 1.82) is 0 Å². The highest BCUT2D eigenvalue weighted by molar-refractivity contribution is 14.2. The summed E-state index contributed by atoms with van der Waals surface area (Å²) in [6.45, 7) is 8.69. The van der Waals surface area contributed by atoms with Gasteiger partial charge in [-0.1, -0.05) is 68.0 Å². The SMILES string of the molecule is C#CCN1CC(=O)N2[C@@H](C(C)CC(C)I=C)C(=O)N(CCCOCCCC)C[C@@H]2N1C(=O)NCc1ccccc1. The average Bonchev–Trinajstić information content (AvgIpc) is 2.94. The van der Waals surface area contributed by atoms with Gasteiger partial charge >= 0.3 is 6.03 Å². The van der Waals surface area contributed by atoms with Gasteiger partial charge < -0.3 is 19.9 Å². The summed E-state index contributed by atoms with van der Waals surface area (Å²) >= 11 is -0.246. The first kappa shape index (κ1) is 32.0. The molecule has 2 heterocycles. The lowest BCUT2D eigenvalue weighted by atomic mass is 9.91. The third-order valence-corrected chi connectivity index (χ3v) is 9.40. The highest BCUT2D eigenvalue weighted by Gasteiger charge is 2.52. The van der Waals surface area contributed by atoms with Crippen molar-refractivity contribution in [2.75, 3.05) is 39.4 Å². The molecular formula is C30H44IN5O4. The molecule has 220 valence electrons. The standard InChI is InChI=1S/C30H44IN5O4/c1-6-8-17-40-18-12-16-33-21-26-35(28(29(33)38)23(3)19-24(4)31-5)27(37)22-34(15-7-2)36(26)30(39)32-20-25-13-10-9-11-14-25/h2,9-11,13-14,23-24,26,28H,5-6,8,12,15-22H2,1,3-4H3,(H,32,39)/t23?,24?,26-,28-/m0/s1. The number of carbonyl (C=O) groups is 3. The number of rotatable bonds is 14. The van der Waals surface area contributed by atoms with Crippen LogP contribution in [0.3, 0.4) is 0 Å². The number of hydrogen-bond acceptors (Lipinski definition) is 5. The lowest BCUT2D eigenvalue weighted by Gasteiger charge is -2.56. The molecule has 2 unspecified atom stereocenters. The van der Waals surface area contributed by atoms with E-state index in [1.807, 2.05) is 37.3 Å². The van der Waals surface area contributed by atoms with Gasteiger partial charge in [0.05, 0.1) is 19.6 Å². The molecule has 9 nitrogen and oxygen atoms in total. The third kappa shape index (κ3) is 8.27. The molecule has 10 heteroatoms. The molecule has 40 heavy (non-hydrogen) atoms. The minimum atomic E-state index is -0.652. The zero-order chi connectivity index (χ0) is 29.1. The third-order valence-electron chi connectivity index (χ3n) is 7.39. The summed E-state index contributed by atoms with van der Waals surface area (Å²) in [5.41, 5.74) is 0.963. The van der Waals surface area contributed by atoms with E-state index in [0.717, 1.165) is 24.8 Å². The van der Waals surface area contributed by atoms with Crippen molar-refractivity contribution in [1.82, 2.24) is 25.1 Å². The molecular weight excluding hydrogens is 621 g/mol. The van der Waals surface area contributed by atoms with Gasteiger partial charge in [-0.2, -0.15) is 5.01 Å². The minimum Gasteiger partial charge on any atom is -0.381 e. The highest BCUT2D eigenvalue weighted by atomic mass is 127. The topological polar surface area (TPSA) is 85.4 Å². The number of piperazine rings is 1. The van der Waals surface area contributed by atoms with Crippen LogP contribution in [0.1, 0.15) is 52.0 Å². The highest BCUT2D eigenvalue weighted by Crippen LogP contribution is 2.32. The van der Waals surface area contributed by atoms with E-state index in [4.69, 9.17) is 11.2 Å². The summed E-state index contributed by atoms with van der Waals surface area (Å²) in [5, 5.41) is 6.19. The quantitative estimate of drug-likeness (QED) is 0.143. The van der Waals surface area contributed by atoms with E-state index in [2.05, 4.69) is 29.6 Å². The van der Waals surface area contributed by atoms with E-state index in [0.29, 0.717) is 36.6 Å². The van der Waals surface area contributed by atoms with Crippen molar-refractivity contribution in [3.8, 4) is 12.3 Å². The van der Waals surface area contributed by atoms with Crippen LogP contribution in [-0.4, -0.2) is 97.7 Å². The molecule has 0 aromatic heterocycles. The van der Waals surface area contributed by atoms with Crippen LogP contribution in [0.4, 0.5) is 4.79 Å². The largest absolute Gasteiger partial charge is 0.381 e. The van der Waals surface area contributed by atoms with Gasteiger partial charge in [0.15, 0.2) is 0 Å². The number of hydrogen-bond donors (Lipinski definition) is 1. The molecule has 2 saturated heterocycles. The number of carbonyl (C=O) groups excluding carboxylic acids is 3. The predicted octanol–water partition coefficient (Wildman–Crippen LogP) is 3.45. The van der Waals surface area contributed by atoms with E-state index in [9.17, 15) is 14.4 Å². The number of nitrogens with one attached hydrogen (secondary N) is 1. The van der Waals surface area contributed by atoms with Crippen LogP contribution in [0.25, 0.3) is 0 Å². The molecule has 2 aliphatic heterocycles. The number of amides is 4. The van der Waals surface area contributed by atoms with Crippen LogP contribution in [0, 0.1) is 18.3 Å². The Morgan fingerprint density at radius 1 is 1.23 bits per heavy atom. The molecule has 1 aromatic carbocycles. The van der Waals surface area contributed by atoms with Gasteiger partial charge in [-0.05, 0) is 30.7 Å². The molecule has 1 aromatic rings. The molecule has 4 amide bonds. The number of hydrazine groups is 1. The first-order valence-electron chi connectivity index (χ1n) is 14.2. The number of unbranched alkanes of at least 4 members (excludes halogenated alkanes) is 1. The summed E-state index contributed by atoms with van der Waals surface area (Å²) < 4.78 is 10.3. The Bertz CT molecular complexity index is 1050. The van der Waals surface area contributed by atoms with Crippen molar-refractivity contribution >= 4 is 43.1 Å². The molecule has 1 N–H and O–H groups in total. The lowest BCUT2D eigenvalue weighted by Crippen LogP contribution is -2.77. The summed E-state index contributed by atoms with van der Waals surface area (Å²) in [7, 11) is 0. The first-order chi connectivity index (χ1) is 19.3. The Hall–Kier alpha value is -2.49. The molecule has 2 aliphatic rings. The Kier molecular flexibility index (Phi) is 12.9. The number of benzene rings is 1. The van der Waals surface area contributed by atoms with Crippen LogP contribution in [0.2, 0.25) is 0 Å². The Labute approximate surface area is 249 Å². The second kappa shape index (κ2) is 16.1. The fourth-order valence-electron chi connectivity index (χ4n) is 5.37. The number of fused-ring (bicyclic) bond motifs is 1. The number of nitrogens with zero attached hydrogens (tertiary/aromatic N) is 4. The molecule has 0 radical (unpaired) electrons. The van der Waals surface area contributed by atoms with Gasteiger partial charge in [0.2, 0.25) is 11.8 Å². The monoisotopic (exact) mass is 665 g/mol. The van der Waals surface area contributed by atoms with E-state index in [-0.39, 0.29) is 64.1 Å². The average molecular weight is 666 g/mol. The predicted molar refractivity (Wildman–Crippen MR) is 167 cm³/mol. The molecule has 0 aliphatic carbocycles. The molecule has 4 atom stereocenters. The Morgan fingerprint density at radius 3 is 2.62 bits per heavy atom. The van der Waals surface area contributed by atoms with Gasteiger partial charge in [-0.15, -0.1) is 27.2 Å². The van der Waals surface area contributed by atoms with Crippen LogP contribution >= 0.6 is 20.7 Å². The fourth-order valence-corrected chi connectivity index (χ4v) is 6.53. The number of urea groups is 1. The van der Waals surface area contributed by atoms with Gasteiger partial charge in [0.1, 0.15) is 12.2 Å². The Balaban J connectivity index is 1.88. The van der Waals surface area contributed by atoms with Crippen LogP contribution in [0.15, 0.2) is 30.3 Å². The van der Waals surface area contributed by atoms with Gasteiger partial charge in [0, 0.05) is 30.2 Å². The fraction of sp³-hybridized carbons (Fsp3) is 0.600. The number of terminal acetylenes is 1.